The van der Waals surface area contributed by atoms with Gasteiger partial charge in [-0.3, -0.25) is 4.79 Å². The maximum absolute atomic E-state index is 12.3. The summed E-state index contributed by atoms with van der Waals surface area (Å²) in [4.78, 5) is 18.0. The van der Waals surface area contributed by atoms with Crippen molar-refractivity contribution in [3.05, 3.63) is 35.9 Å². The van der Waals surface area contributed by atoms with E-state index in [2.05, 4.69) is 37.3 Å². The highest BCUT2D eigenvalue weighted by Crippen LogP contribution is 2.32. The third-order valence-corrected chi connectivity index (χ3v) is 5.18. The zero-order valence-electron chi connectivity index (χ0n) is 14.7. The van der Waals surface area contributed by atoms with Gasteiger partial charge in [-0.1, -0.05) is 43.2 Å². The van der Waals surface area contributed by atoms with Crippen molar-refractivity contribution in [2.24, 2.45) is 5.92 Å². The van der Waals surface area contributed by atoms with Gasteiger partial charge in [0.25, 0.3) is 5.91 Å². The first kappa shape index (κ1) is 17.4. The molecule has 0 aliphatic carbocycles. The van der Waals surface area contributed by atoms with Gasteiger partial charge in [-0.15, -0.1) is 0 Å². The topological polar surface area (TPSA) is 38.8 Å². The summed E-state index contributed by atoms with van der Waals surface area (Å²) in [5.41, 5.74) is 1.40. The molecule has 3 rings (SSSR count). The van der Waals surface area contributed by atoms with Gasteiger partial charge in [0.1, 0.15) is 0 Å². The molecule has 2 heterocycles. The Bertz CT molecular complexity index is 513. The number of hydrogen-bond acceptors (Lipinski definition) is 3. The van der Waals surface area contributed by atoms with Crippen molar-refractivity contribution < 1.29 is 14.4 Å². The minimum absolute atomic E-state index is 0.130. The lowest BCUT2D eigenvalue weighted by Crippen LogP contribution is -2.60. The van der Waals surface area contributed by atoms with Gasteiger partial charge in [0.05, 0.1) is 12.0 Å². The van der Waals surface area contributed by atoms with Crippen molar-refractivity contribution in [3.63, 3.8) is 0 Å². The second kappa shape index (κ2) is 8.63. The first-order chi connectivity index (χ1) is 11.8. The number of amides is 1. The number of hydroxylamine groups is 2. The van der Waals surface area contributed by atoms with Crippen molar-refractivity contribution in [1.82, 2.24) is 5.06 Å². The van der Waals surface area contributed by atoms with Crippen LogP contribution in [0.5, 0.6) is 0 Å². The van der Waals surface area contributed by atoms with E-state index in [9.17, 15) is 4.79 Å². The van der Waals surface area contributed by atoms with E-state index in [0.29, 0.717) is 0 Å². The Morgan fingerprint density at radius 3 is 2.71 bits per heavy atom. The summed E-state index contributed by atoms with van der Waals surface area (Å²) in [6.45, 7) is 2.82. The van der Waals surface area contributed by atoms with Crippen LogP contribution in [-0.4, -0.2) is 29.9 Å². The maximum atomic E-state index is 12.3. The third-order valence-electron chi connectivity index (χ3n) is 5.18. The van der Waals surface area contributed by atoms with Crippen LogP contribution in [0.1, 0.15) is 57.4 Å². The molecular formula is C20H29NO3. The summed E-state index contributed by atoms with van der Waals surface area (Å²) in [7, 11) is 0. The number of nitrogens with zero attached hydrogens (tertiary/aromatic N) is 1. The van der Waals surface area contributed by atoms with Gasteiger partial charge in [-0.2, -0.15) is 0 Å². The fourth-order valence-electron chi connectivity index (χ4n) is 3.60. The molecule has 0 aromatic heterocycles. The first-order valence-electron chi connectivity index (χ1n) is 9.41. The standard InChI is InChI=1S/C20H29NO3/c1-16-18(13-7-3-6-12-17-10-4-2-5-11-17)20(22)21(16)24-19-14-8-9-15-23-19/h2,4-5,10-11,16,18-19H,3,6-9,12-15H2,1H3/t16-,18+,19?/m0/s1. The summed E-state index contributed by atoms with van der Waals surface area (Å²) in [5.74, 6) is 0.269. The second-order valence-electron chi connectivity index (χ2n) is 7.00. The Morgan fingerprint density at radius 2 is 2.00 bits per heavy atom. The maximum Gasteiger partial charge on any atom is 0.251 e. The molecule has 1 aromatic carbocycles. The minimum Gasteiger partial charge on any atom is -0.350 e. The van der Waals surface area contributed by atoms with E-state index in [1.165, 1.54) is 18.4 Å². The van der Waals surface area contributed by atoms with Crippen LogP contribution < -0.4 is 0 Å². The van der Waals surface area contributed by atoms with Crippen LogP contribution in [0, 0.1) is 5.92 Å². The summed E-state index contributed by atoms with van der Waals surface area (Å²) < 4.78 is 5.56. The Balaban J connectivity index is 1.31. The molecule has 0 saturated carbocycles. The highest BCUT2D eigenvalue weighted by molar-refractivity contribution is 5.84. The third kappa shape index (κ3) is 4.37. The van der Waals surface area contributed by atoms with Crippen LogP contribution in [0.3, 0.4) is 0 Å². The molecule has 4 heteroatoms. The summed E-state index contributed by atoms with van der Waals surface area (Å²) in [5, 5.41) is 1.55. The number of rotatable bonds is 8. The van der Waals surface area contributed by atoms with Gasteiger partial charge in [0, 0.05) is 13.0 Å². The van der Waals surface area contributed by atoms with Crippen LogP contribution >= 0.6 is 0 Å². The fraction of sp³-hybridized carbons (Fsp3) is 0.650. The molecule has 1 amide bonds. The van der Waals surface area contributed by atoms with Crippen molar-refractivity contribution >= 4 is 5.91 Å². The van der Waals surface area contributed by atoms with Gasteiger partial charge in [0.15, 0.2) is 6.29 Å². The number of β-lactam (4-membered cyclic amide) rings is 1. The van der Waals surface area contributed by atoms with Crippen LogP contribution in [0.4, 0.5) is 0 Å². The lowest BCUT2D eigenvalue weighted by atomic mass is 9.86. The molecule has 1 aromatic rings. The first-order valence-corrected chi connectivity index (χ1v) is 9.41. The zero-order valence-corrected chi connectivity index (χ0v) is 14.7. The Labute approximate surface area is 145 Å². The molecule has 0 spiro atoms. The van der Waals surface area contributed by atoms with E-state index in [4.69, 9.17) is 9.57 Å². The molecule has 2 saturated heterocycles. The highest BCUT2D eigenvalue weighted by Gasteiger charge is 2.46. The minimum atomic E-state index is -0.225. The number of hydrogen-bond donors (Lipinski definition) is 0. The van der Waals surface area contributed by atoms with Crippen LogP contribution in [0.15, 0.2) is 30.3 Å². The number of unbranched alkanes of at least 4 members (excludes halogenated alkanes) is 2. The Morgan fingerprint density at radius 1 is 1.17 bits per heavy atom. The molecule has 1 unspecified atom stereocenters. The van der Waals surface area contributed by atoms with Gasteiger partial charge in [-0.25, -0.2) is 9.90 Å². The van der Waals surface area contributed by atoms with Crippen molar-refractivity contribution in [3.8, 4) is 0 Å². The molecule has 3 atom stereocenters. The van der Waals surface area contributed by atoms with E-state index in [1.54, 1.807) is 5.06 Å². The van der Waals surface area contributed by atoms with E-state index >= 15 is 0 Å². The van der Waals surface area contributed by atoms with Crippen molar-refractivity contribution in [2.45, 2.75) is 70.6 Å². The predicted octanol–water partition coefficient (Wildman–Crippen LogP) is 4.09. The normalized spacial score (nSPS) is 27.1. The highest BCUT2D eigenvalue weighted by atomic mass is 16.8. The van der Waals surface area contributed by atoms with Crippen LogP contribution in [0.2, 0.25) is 0 Å². The molecule has 2 aliphatic rings. The van der Waals surface area contributed by atoms with Gasteiger partial charge < -0.3 is 4.74 Å². The number of benzene rings is 1. The average molecular weight is 331 g/mol. The van der Waals surface area contributed by atoms with Crippen molar-refractivity contribution in [1.29, 1.82) is 0 Å². The number of carbonyl (C=O) groups excluding carboxylic acids is 1. The van der Waals surface area contributed by atoms with Gasteiger partial charge in [0.2, 0.25) is 0 Å². The lowest BCUT2D eigenvalue weighted by Gasteiger charge is -2.45. The SMILES string of the molecule is C[C@H]1[C@@H](CCCCCc2ccccc2)C(=O)N1OC1CCCCO1. The van der Waals surface area contributed by atoms with E-state index in [1.807, 2.05) is 0 Å². The number of carbonyl (C=O) groups is 1. The monoisotopic (exact) mass is 331 g/mol. The molecule has 2 fully saturated rings. The number of aryl methyl sites for hydroxylation is 1. The Kier molecular flexibility index (Phi) is 6.27. The summed E-state index contributed by atoms with van der Waals surface area (Å²) in [6, 6.07) is 10.8. The summed E-state index contributed by atoms with van der Waals surface area (Å²) >= 11 is 0. The van der Waals surface area contributed by atoms with Crippen molar-refractivity contribution in [2.75, 3.05) is 6.61 Å². The van der Waals surface area contributed by atoms with E-state index < -0.39 is 0 Å². The average Bonchev–Trinajstić information content (AvgIpc) is 2.64. The molecule has 0 radical (unpaired) electrons. The molecule has 4 nitrogen and oxygen atoms in total. The second-order valence-corrected chi connectivity index (χ2v) is 7.00. The molecule has 132 valence electrons. The summed E-state index contributed by atoms with van der Waals surface area (Å²) in [6.07, 6.45) is 8.46. The lowest BCUT2D eigenvalue weighted by molar-refractivity contribution is -0.316. The Hall–Kier alpha value is -1.39. The molecular weight excluding hydrogens is 302 g/mol. The zero-order chi connectivity index (χ0) is 16.8. The quantitative estimate of drug-likeness (QED) is 0.532. The molecule has 0 bridgehead atoms. The molecule has 0 N–H and O–H groups in total. The van der Waals surface area contributed by atoms with Crippen LogP contribution in [-0.2, 0) is 20.8 Å². The predicted molar refractivity (Wildman–Crippen MR) is 93.1 cm³/mol. The molecule has 2 aliphatic heterocycles. The smallest absolute Gasteiger partial charge is 0.251 e. The van der Waals surface area contributed by atoms with E-state index in [0.717, 1.165) is 45.1 Å². The van der Waals surface area contributed by atoms with Crippen LogP contribution in [0.25, 0.3) is 0 Å². The van der Waals surface area contributed by atoms with E-state index in [-0.39, 0.29) is 24.2 Å². The fourth-order valence-corrected chi connectivity index (χ4v) is 3.60. The largest absolute Gasteiger partial charge is 0.350 e. The van der Waals surface area contributed by atoms with Gasteiger partial charge in [-0.05, 0) is 44.6 Å². The number of ether oxygens (including phenoxy) is 1. The van der Waals surface area contributed by atoms with Gasteiger partial charge >= 0.3 is 0 Å². The molecule has 24 heavy (non-hydrogen) atoms.